The monoisotopic (exact) mass is 355 g/mol. The zero-order valence-electron chi connectivity index (χ0n) is 10.6. The number of H-pyrrole nitrogens is 1. The number of nitrogens with zero attached hydrogens (tertiary/aromatic N) is 4. The Morgan fingerprint density at radius 1 is 1.45 bits per heavy atom. The van der Waals surface area contributed by atoms with Crippen LogP contribution < -0.4 is 0 Å². The molecule has 8 heteroatoms. The van der Waals surface area contributed by atoms with Crippen molar-refractivity contribution in [3.05, 3.63) is 39.3 Å². The van der Waals surface area contributed by atoms with Crippen LogP contribution in [-0.4, -0.2) is 24.3 Å². The van der Waals surface area contributed by atoms with Crippen LogP contribution in [0.1, 0.15) is 5.82 Å². The predicted molar refractivity (Wildman–Crippen MR) is 79.5 cm³/mol. The van der Waals surface area contributed by atoms with E-state index in [0.717, 1.165) is 11.3 Å². The second-order valence-corrected chi connectivity index (χ2v) is 5.71. The molecule has 1 aromatic carbocycles. The quantitative estimate of drug-likeness (QED) is 0.734. The average Bonchev–Trinajstić information content (AvgIpc) is 2.92. The number of hydrogen-bond acceptors (Lipinski definition) is 3. The van der Waals surface area contributed by atoms with Gasteiger partial charge in [0.25, 0.3) is 0 Å². The largest absolute Gasteiger partial charge is 0.330 e. The first-order chi connectivity index (χ1) is 9.56. The lowest BCUT2D eigenvalue weighted by atomic mass is 10.3. The van der Waals surface area contributed by atoms with Crippen LogP contribution in [0.3, 0.4) is 0 Å². The van der Waals surface area contributed by atoms with E-state index in [1.54, 1.807) is 12.4 Å². The zero-order chi connectivity index (χ0) is 14.3. The van der Waals surface area contributed by atoms with Gasteiger partial charge in [0.1, 0.15) is 18.0 Å². The molecule has 3 aromatic rings. The number of halogens is 2. The van der Waals surface area contributed by atoms with Crippen LogP contribution >= 0.6 is 28.1 Å². The lowest BCUT2D eigenvalue weighted by Crippen LogP contribution is -2.05. The second-order valence-electron chi connectivity index (χ2n) is 4.47. The summed E-state index contributed by atoms with van der Waals surface area (Å²) in [7, 11) is 1.90. The smallest absolute Gasteiger partial charge is 0.178 e. The van der Waals surface area contributed by atoms with Gasteiger partial charge in [0, 0.05) is 26.1 Å². The van der Waals surface area contributed by atoms with Crippen LogP contribution in [0.25, 0.3) is 11.0 Å². The first kappa shape index (κ1) is 13.4. The minimum absolute atomic E-state index is 0.311. The number of benzene rings is 1. The van der Waals surface area contributed by atoms with Crippen molar-refractivity contribution < 1.29 is 4.39 Å². The van der Waals surface area contributed by atoms with E-state index in [1.807, 2.05) is 16.2 Å². The topological polar surface area (TPSA) is 51.4 Å². The summed E-state index contributed by atoms with van der Waals surface area (Å²) in [5, 5.41) is 7.89. The van der Waals surface area contributed by atoms with Gasteiger partial charge in [0.15, 0.2) is 4.77 Å². The first-order valence-electron chi connectivity index (χ1n) is 5.96. The molecule has 0 amide bonds. The van der Waals surface area contributed by atoms with Crippen LogP contribution in [0.4, 0.5) is 4.39 Å². The fourth-order valence-corrected chi connectivity index (χ4v) is 2.75. The Balaban J connectivity index is 1.99. The molecule has 0 bridgehead atoms. The number of aryl methyl sites for hydroxylation is 3. The summed E-state index contributed by atoms with van der Waals surface area (Å²) in [6.45, 7) is 0.656. The van der Waals surface area contributed by atoms with Gasteiger partial charge in [-0.1, -0.05) is 0 Å². The zero-order valence-corrected chi connectivity index (χ0v) is 13.0. The SMILES string of the molecule is Cn1cnnc1CCn1c(=S)[nH]c2cc(F)c(Br)cc21. The number of fused-ring (bicyclic) bond motifs is 1. The molecule has 0 unspecified atom stereocenters. The summed E-state index contributed by atoms with van der Waals surface area (Å²) >= 11 is 8.49. The van der Waals surface area contributed by atoms with Gasteiger partial charge in [0.2, 0.25) is 0 Å². The van der Waals surface area contributed by atoms with Crippen molar-refractivity contribution >= 4 is 39.2 Å². The molecule has 0 spiro atoms. The standard InChI is InChI=1S/C12H11BrFN5S/c1-18-6-15-17-11(18)2-3-19-10-4-7(13)8(14)5-9(10)16-12(19)20/h4-6H,2-3H2,1H3,(H,16,20). The van der Waals surface area contributed by atoms with Crippen LogP contribution in [0.2, 0.25) is 0 Å². The Kier molecular flexibility index (Phi) is 3.43. The fraction of sp³-hybridized carbons (Fsp3) is 0.250. The third kappa shape index (κ3) is 2.29. The number of aromatic nitrogens is 5. The van der Waals surface area contributed by atoms with Crippen LogP contribution in [0.5, 0.6) is 0 Å². The normalized spacial score (nSPS) is 11.3. The van der Waals surface area contributed by atoms with Gasteiger partial charge in [-0.05, 0) is 34.2 Å². The molecule has 3 rings (SSSR count). The molecule has 0 fully saturated rings. The summed E-state index contributed by atoms with van der Waals surface area (Å²) in [6, 6.07) is 3.17. The van der Waals surface area contributed by atoms with Crippen molar-refractivity contribution in [2.24, 2.45) is 7.05 Å². The average molecular weight is 356 g/mol. The molecule has 0 saturated carbocycles. The number of imidazole rings is 1. The lowest BCUT2D eigenvalue weighted by molar-refractivity contribution is 0.622. The maximum absolute atomic E-state index is 13.5. The summed E-state index contributed by atoms with van der Waals surface area (Å²) in [5.74, 6) is 0.566. The van der Waals surface area contributed by atoms with Crippen molar-refractivity contribution in [1.82, 2.24) is 24.3 Å². The highest BCUT2D eigenvalue weighted by atomic mass is 79.9. The van der Waals surface area contributed by atoms with Gasteiger partial charge in [-0.15, -0.1) is 10.2 Å². The van der Waals surface area contributed by atoms with Gasteiger partial charge < -0.3 is 14.1 Å². The van der Waals surface area contributed by atoms with Gasteiger partial charge in [0.05, 0.1) is 15.5 Å². The molecule has 0 atom stereocenters. The molecule has 0 aliphatic rings. The maximum atomic E-state index is 13.5. The van der Waals surface area contributed by atoms with E-state index >= 15 is 0 Å². The van der Waals surface area contributed by atoms with Crippen molar-refractivity contribution in [1.29, 1.82) is 0 Å². The number of rotatable bonds is 3. The van der Waals surface area contributed by atoms with Crippen molar-refractivity contribution in [3.8, 4) is 0 Å². The first-order valence-corrected chi connectivity index (χ1v) is 7.17. The van der Waals surface area contributed by atoms with E-state index in [9.17, 15) is 4.39 Å². The number of aromatic amines is 1. The number of hydrogen-bond donors (Lipinski definition) is 1. The van der Waals surface area contributed by atoms with E-state index in [1.165, 1.54) is 6.07 Å². The highest BCUT2D eigenvalue weighted by molar-refractivity contribution is 9.10. The summed E-state index contributed by atoms with van der Waals surface area (Å²) < 4.78 is 18.3. The van der Waals surface area contributed by atoms with Crippen molar-refractivity contribution in [2.45, 2.75) is 13.0 Å². The fourth-order valence-electron chi connectivity index (χ4n) is 2.12. The molecule has 0 aliphatic heterocycles. The Morgan fingerprint density at radius 2 is 2.25 bits per heavy atom. The Morgan fingerprint density at radius 3 is 2.95 bits per heavy atom. The minimum atomic E-state index is -0.311. The molecule has 0 radical (unpaired) electrons. The Labute approximate surface area is 127 Å². The van der Waals surface area contributed by atoms with E-state index in [4.69, 9.17) is 12.2 Å². The molecule has 5 nitrogen and oxygen atoms in total. The molecule has 0 saturated heterocycles. The van der Waals surface area contributed by atoms with E-state index in [-0.39, 0.29) is 5.82 Å². The van der Waals surface area contributed by atoms with Gasteiger partial charge in [-0.3, -0.25) is 0 Å². The lowest BCUT2D eigenvalue weighted by Gasteiger charge is -2.05. The molecule has 104 valence electrons. The third-order valence-corrected chi connectivity index (χ3v) is 4.11. The Hall–Kier alpha value is -1.54. The van der Waals surface area contributed by atoms with Crippen molar-refractivity contribution in [2.75, 3.05) is 0 Å². The maximum Gasteiger partial charge on any atom is 0.178 e. The van der Waals surface area contributed by atoms with E-state index < -0.39 is 0 Å². The highest BCUT2D eigenvalue weighted by Crippen LogP contribution is 2.23. The number of nitrogens with one attached hydrogen (secondary N) is 1. The molecule has 20 heavy (non-hydrogen) atoms. The van der Waals surface area contributed by atoms with Crippen LogP contribution in [-0.2, 0) is 20.0 Å². The van der Waals surface area contributed by atoms with Gasteiger partial charge in [-0.25, -0.2) is 4.39 Å². The Bertz CT molecular complexity index is 834. The molecule has 2 aromatic heterocycles. The highest BCUT2D eigenvalue weighted by Gasteiger charge is 2.10. The van der Waals surface area contributed by atoms with Gasteiger partial charge in [-0.2, -0.15) is 0 Å². The third-order valence-electron chi connectivity index (χ3n) is 3.18. The van der Waals surface area contributed by atoms with Crippen LogP contribution in [0.15, 0.2) is 22.9 Å². The minimum Gasteiger partial charge on any atom is -0.330 e. The molecular weight excluding hydrogens is 345 g/mol. The molecule has 2 heterocycles. The van der Waals surface area contributed by atoms with E-state index in [0.29, 0.717) is 27.7 Å². The van der Waals surface area contributed by atoms with Crippen molar-refractivity contribution in [3.63, 3.8) is 0 Å². The molecule has 1 N–H and O–H groups in total. The molecule has 0 aliphatic carbocycles. The summed E-state index contributed by atoms with van der Waals surface area (Å²) in [5.41, 5.74) is 1.55. The summed E-state index contributed by atoms with van der Waals surface area (Å²) in [6.07, 6.45) is 2.36. The van der Waals surface area contributed by atoms with E-state index in [2.05, 4.69) is 31.1 Å². The predicted octanol–water partition coefficient (Wildman–Crippen LogP) is 2.97. The van der Waals surface area contributed by atoms with Gasteiger partial charge >= 0.3 is 0 Å². The second kappa shape index (κ2) is 5.10. The van der Waals surface area contributed by atoms with Crippen LogP contribution in [0, 0.1) is 10.6 Å². The summed E-state index contributed by atoms with van der Waals surface area (Å²) in [4.78, 5) is 3.01. The molecular formula is C12H11BrFN5S.